The number of nitrogens with zero attached hydrogens (tertiary/aromatic N) is 2. The normalized spacial score (nSPS) is 16.8. The Kier molecular flexibility index (Phi) is 5.86. The number of aromatic nitrogens is 1. The van der Waals surface area contributed by atoms with Crippen LogP contribution in [0.1, 0.15) is 34.1 Å². The molecule has 1 aromatic heterocycles. The molecule has 3 aromatic rings. The topological polar surface area (TPSA) is 71.5 Å². The molecular formula is C22H21N3O3S. The molecule has 1 saturated heterocycles. The van der Waals surface area contributed by atoms with Gasteiger partial charge >= 0.3 is 0 Å². The smallest absolute Gasteiger partial charge is 0.254 e. The van der Waals surface area contributed by atoms with E-state index in [-0.39, 0.29) is 24.3 Å². The molecule has 4 rings (SSSR count). The highest BCUT2D eigenvalue weighted by Crippen LogP contribution is 2.27. The van der Waals surface area contributed by atoms with Crippen molar-refractivity contribution in [3.05, 3.63) is 82.3 Å². The molecule has 0 bridgehead atoms. The molecule has 1 aliphatic heterocycles. The van der Waals surface area contributed by atoms with Gasteiger partial charge in [-0.25, -0.2) is 4.98 Å². The minimum Gasteiger partial charge on any atom is -0.487 e. The fraction of sp³-hybridized carbons (Fsp3) is 0.227. The van der Waals surface area contributed by atoms with Crippen LogP contribution in [0.3, 0.4) is 0 Å². The van der Waals surface area contributed by atoms with E-state index in [4.69, 9.17) is 4.74 Å². The van der Waals surface area contributed by atoms with Gasteiger partial charge in [-0.3, -0.25) is 9.59 Å². The quantitative estimate of drug-likeness (QED) is 0.703. The average Bonchev–Trinajstić information content (AvgIpc) is 3.21. The van der Waals surface area contributed by atoms with Gasteiger partial charge in [-0.15, -0.1) is 11.3 Å². The molecule has 1 atom stereocenters. The number of hydrogen-bond donors (Lipinski definition) is 1. The van der Waals surface area contributed by atoms with E-state index in [1.165, 1.54) is 11.3 Å². The van der Waals surface area contributed by atoms with Gasteiger partial charge in [0.2, 0.25) is 5.91 Å². The number of nitrogens with one attached hydrogen (secondary N) is 1. The highest BCUT2D eigenvalue weighted by atomic mass is 32.1. The number of ether oxygens (including phenoxy) is 1. The van der Waals surface area contributed by atoms with Crippen LogP contribution >= 0.6 is 11.3 Å². The monoisotopic (exact) mass is 407 g/mol. The van der Waals surface area contributed by atoms with E-state index < -0.39 is 0 Å². The van der Waals surface area contributed by atoms with Crippen molar-refractivity contribution in [2.45, 2.75) is 19.1 Å². The first-order valence-corrected chi connectivity index (χ1v) is 10.4. The third-order valence-electron chi connectivity index (χ3n) is 4.85. The Balaban J connectivity index is 1.50. The zero-order valence-corrected chi connectivity index (χ0v) is 16.6. The van der Waals surface area contributed by atoms with Crippen LogP contribution < -0.4 is 10.1 Å². The summed E-state index contributed by atoms with van der Waals surface area (Å²) in [5.74, 6) is 0.545. The summed E-state index contributed by atoms with van der Waals surface area (Å²) < 4.78 is 5.72. The highest BCUT2D eigenvalue weighted by molar-refractivity contribution is 7.07. The predicted octanol–water partition coefficient (Wildman–Crippen LogP) is 3.43. The summed E-state index contributed by atoms with van der Waals surface area (Å²) in [4.78, 5) is 31.3. The van der Waals surface area contributed by atoms with E-state index >= 15 is 0 Å². The molecule has 7 heteroatoms. The first-order chi connectivity index (χ1) is 14.2. The van der Waals surface area contributed by atoms with Crippen molar-refractivity contribution in [3.8, 4) is 5.75 Å². The van der Waals surface area contributed by atoms with Crippen LogP contribution in [-0.4, -0.2) is 34.8 Å². The number of carbonyl (C=O) groups excluding carboxylic acids is 2. The number of amides is 2. The molecule has 1 fully saturated rings. The van der Waals surface area contributed by atoms with Gasteiger partial charge in [0, 0.05) is 24.0 Å². The van der Waals surface area contributed by atoms with Crippen molar-refractivity contribution in [2.24, 2.45) is 0 Å². The van der Waals surface area contributed by atoms with Gasteiger partial charge < -0.3 is 15.0 Å². The van der Waals surface area contributed by atoms with Crippen LogP contribution in [0.25, 0.3) is 0 Å². The number of rotatable bonds is 5. The second-order valence-electron chi connectivity index (χ2n) is 6.77. The van der Waals surface area contributed by atoms with Crippen LogP contribution in [0.4, 0.5) is 0 Å². The molecule has 6 nitrogen and oxygen atoms in total. The first-order valence-electron chi connectivity index (χ1n) is 9.43. The summed E-state index contributed by atoms with van der Waals surface area (Å²) in [6, 6.07) is 16.5. The standard InChI is InChI=1S/C22H21N3O3S/c26-21-12-20(16-4-2-1-3-5-16)25(11-10-23-21)22(27)17-6-8-19(9-7-17)28-13-18-14-29-15-24-18/h1-9,14-15,20H,10-13H2,(H,23,26). The van der Waals surface area contributed by atoms with Crippen molar-refractivity contribution in [1.82, 2.24) is 15.2 Å². The lowest BCUT2D eigenvalue weighted by Gasteiger charge is -2.29. The fourth-order valence-electron chi connectivity index (χ4n) is 3.37. The molecule has 2 amide bonds. The second-order valence-corrected chi connectivity index (χ2v) is 7.49. The summed E-state index contributed by atoms with van der Waals surface area (Å²) in [5.41, 5.74) is 4.18. The predicted molar refractivity (Wildman–Crippen MR) is 111 cm³/mol. The van der Waals surface area contributed by atoms with Crippen molar-refractivity contribution in [2.75, 3.05) is 13.1 Å². The van der Waals surface area contributed by atoms with Gasteiger partial charge in [0.15, 0.2) is 0 Å². The number of thiazole rings is 1. The average molecular weight is 407 g/mol. The molecule has 2 heterocycles. The summed E-state index contributed by atoms with van der Waals surface area (Å²) >= 11 is 1.53. The zero-order chi connectivity index (χ0) is 20.1. The summed E-state index contributed by atoms with van der Waals surface area (Å²) in [6.07, 6.45) is 0.255. The lowest BCUT2D eigenvalue weighted by Crippen LogP contribution is -2.36. The van der Waals surface area contributed by atoms with Gasteiger partial charge in [0.1, 0.15) is 12.4 Å². The second kappa shape index (κ2) is 8.87. The Morgan fingerprint density at radius 2 is 1.97 bits per heavy atom. The Morgan fingerprint density at radius 1 is 1.17 bits per heavy atom. The largest absolute Gasteiger partial charge is 0.487 e. The van der Waals surface area contributed by atoms with Gasteiger partial charge in [-0.1, -0.05) is 30.3 Å². The molecule has 0 radical (unpaired) electrons. The van der Waals surface area contributed by atoms with Crippen LogP contribution in [0.5, 0.6) is 5.75 Å². The fourth-order valence-corrected chi connectivity index (χ4v) is 3.91. The van der Waals surface area contributed by atoms with Crippen molar-refractivity contribution in [3.63, 3.8) is 0 Å². The van der Waals surface area contributed by atoms with E-state index in [9.17, 15) is 9.59 Å². The van der Waals surface area contributed by atoms with Crippen molar-refractivity contribution >= 4 is 23.2 Å². The van der Waals surface area contributed by atoms with Crippen LogP contribution in [0.15, 0.2) is 65.5 Å². The highest BCUT2D eigenvalue weighted by Gasteiger charge is 2.30. The van der Waals surface area contributed by atoms with Crippen molar-refractivity contribution < 1.29 is 14.3 Å². The molecule has 1 aliphatic rings. The van der Waals surface area contributed by atoms with E-state index in [1.54, 1.807) is 34.7 Å². The molecule has 0 spiro atoms. The van der Waals surface area contributed by atoms with Crippen molar-refractivity contribution in [1.29, 1.82) is 0 Å². The summed E-state index contributed by atoms with van der Waals surface area (Å²) in [6.45, 7) is 1.31. The Labute approximate surface area is 173 Å². The molecule has 1 unspecified atom stereocenters. The number of benzene rings is 2. The molecule has 1 N–H and O–H groups in total. The minimum atomic E-state index is -0.285. The maximum absolute atomic E-state index is 13.2. The lowest BCUT2D eigenvalue weighted by molar-refractivity contribution is -0.121. The maximum atomic E-state index is 13.2. The zero-order valence-electron chi connectivity index (χ0n) is 15.8. The third kappa shape index (κ3) is 4.63. The Bertz CT molecular complexity index is 959. The van der Waals surface area contributed by atoms with E-state index in [1.807, 2.05) is 35.7 Å². The lowest BCUT2D eigenvalue weighted by atomic mass is 10.0. The van der Waals surface area contributed by atoms with E-state index in [2.05, 4.69) is 10.3 Å². The summed E-state index contributed by atoms with van der Waals surface area (Å²) in [5, 5.41) is 4.80. The molecule has 29 heavy (non-hydrogen) atoms. The molecule has 0 aliphatic carbocycles. The Morgan fingerprint density at radius 3 is 2.69 bits per heavy atom. The number of carbonyl (C=O) groups is 2. The molecule has 0 saturated carbocycles. The molecular weight excluding hydrogens is 386 g/mol. The van der Waals surface area contributed by atoms with Gasteiger partial charge in [-0.05, 0) is 29.8 Å². The summed E-state index contributed by atoms with van der Waals surface area (Å²) in [7, 11) is 0. The SMILES string of the molecule is O=C1CC(c2ccccc2)N(C(=O)c2ccc(OCc3cscn3)cc2)CCN1. The maximum Gasteiger partial charge on any atom is 0.254 e. The van der Waals surface area contributed by atoms with E-state index in [0.717, 1.165) is 11.3 Å². The first kappa shape index (κ1) is 19.1. The van der Waals surface area contributed by atoms with E-state index in [0.29, 0.717) is 31.0 Å². The van der Waals surface area contributed by atoms with Crippen LogP contribution in [0.2, 0.25) is 0 Å². The van der Waals surface area contributed by atoms with Gasteiger partial charge in [0.05, 0.1) is 23.7 Å². The van der Waals surface area contributed by atoms with Crippen LogP contribution in [-0.2, 0) is 11.4 Å². The number of hydrogen-bond acceptors (Lipinski definition) is 5. The van der Waals surface area contributed by atoms with Gasteiger partial charge in [-0.2, -0.15) is 0 Å². The van der Waals surface area contributed by atoms with Crippen LogP contribution in [0, 0.1) is 0 Å². The minimum absolute atomic E-state index is 0.0417. The Hall–Kier alpha value is -3.19. The third-order valence-corrected chi connectivity index (χ3v) is 5.48. The molecule has 2 aromatic carbocycles. The molecule has 148 valence electrons. The van der Waals surface area contributed by atoms with Gasteiger partial charge in [0.25, 0.3) is 5.91 Å².